The molecule has 1 aromatic carbocycles. The summed E-state index contributed by atoms with van der Waals surface area (Å²) in [5.41, 5.74) is 0.0516. The van der Waals surface area contributed by atoms with Crippen molar-refractivity contribution in [1.82, 2.24) is 0 Å². The van der Waals surface area contributed by atoms with Gasteiger partial charge in [0.15, 0.2) is 0 Å². The fraction of sp³-hybridized carbons (Fsp3) is 0.533. The Morgan fingerprint density at radius 2 is 1.82 bits per heavy atom. The summed E-state index contributed by atoms with van der Waals surface area (Å²) in [7, 11) is 0. The van der Waals surface area contributed by atoms with Gasteiger partial charge in [-0.05, 0) is 18.9 Å². The van der Waals surface area contributed by atoms with Crippen molar-refractivity contribution in [2.24, 2.45) is 5.92 Å². The van der Waals surface area contributed by atoms with E-state index >= 15 is 0 Å². The van der Waals surface area contributed by atoms with Crippen molar-refractivity contribution in [3.05, 3.63) is 35.6 Å². The third-order valence-electron chi connectivity index (χ3n) is 3.84. The fourth-order valence-corrected chi connectivity index (χ4v) is 3.03. The number of ketones is 1. The molecule has 1 aromatic rings. The summed E-state index contributed by atoms with van der Waals surface area (Å²) in [6, 6.07) is 6.75. The van der Waals surface area contributed by atoms with Gasteiger partial charge in [0.25, 0.3) is 0 Å². The molecule has 1 saturated carbocycles. The molecule has 0 amide bonds. The normalized spacial score (nSPS) is 18.6. The standard InChI is InChI=1S/C15H19FO/c1-11(2)14(17)15(9-5-6-10-15)12-7-3-4-8-13(12)16/h3-4,7-8,11H,5-6,9-10H2,1-2H3. The second-order valence-electron chi connectivity index (χ2n) is 5.29. The monoisotopic (exact) mass is 234 g/mol. The van der Waals surface area contributed by atoms with Gasteiger partial charge in [-0.2, -0.15) is 0 Å². The highest BCUT2D eigenvalue weighted by Gasteiger charge is 2.44. The lowest BCUT2D eigenvalue weighted by Gasteiger charge is -2.30. The van der Waals surface area contributed by atoms with Crippen LogP contribution in [-0.2, 0) is 10.2 Å². The number of carbonyl (C=O) groups excluding carboxylic acids is 1. The minimum Gasteiger partial charge on any atom is -0.298 e. The molecule has 0 radical (unpaired) electrons. The van der Waals surface area contributed by atoms with Crippen molar-refractivity contribution < 1.29 is 9.18 Å². The molecule has 0 aromatic heterocycles. The number of Topliss-reactive ketones (excluding diaryl/α,β-unsaturated/α-hetero) is 1. The first kappa shape index (κ1) is 12.3. The number of hydrogen-bond acceptors (Lipinski definition) is 1. The fourth-order valence-electron chi connectivity index (χ4n) is 3.03. The summed E-state index contributed by atoms with van der Waals surface area (Å²) in [4.78, 5) is 12.5. The number of rotatable bonds is 3. The van der Waals surface area contributed by atoms with Gasteiger partial charge in [0.05, 0.1) is 5.41 Å². The molecule has 0 aliphatic heterocycles. The van der Waals surface area contributed by atoms with Crippen molar-refractivity contribution in [3.63, 3.8) is 0 Å². The van der Waals surface area contributed by atoms with Gasteiger partial charge in [-0.1, -0.05) is 44.9 Å². The Hall–Kier alpha value is -1.18. The summed E-state index contributed by atoms with van der Waals surface area (Å²) < 4.78 is 14.0. The quantitative estimate of drug-likeness (QED) is 0.776. The van der Waals surface area contributed by atoms with E-state index < -0.39 is 5.41 Å². The SMILES string of the molecule is CC(C)C(=O)C1(c2ccccc2F)CCCC1. The Kier molecular flexibility index (Phi) is 3.32. The van der Waals surface area contributed by atoms with E-state index in [1.807, 2.05) is 19.9 Å². The van der Waals surface area contributed by atoms with E-state index in [4.69, 9.17) is 0 Å². The van der Waals surface area contributed by atoms with Crippen LogP contribution >= 0.6 is 0 Å². The third-order valence-corrected chi connectivity index (χ3v) is 3.84. The smallest absolute Gasteiger partial charge is 0.146 e. The maximum absolute atomic E-state index is 14.0. The van der Waals surface area contributed by atoms with E-state index in [1.54, 1.807) is 12.1 Å². The van der Waals surface area contributed by atoms with E-state index in [-0.39, 0.29) is 17.5 Å². The van der Waals surface area contributed by atoms with Crippen LogP contribution < -0.4 is 0 Å². The zero-order valence-corrected chi connectivity index (χ0v) is 10.5. The molecule has 1 aliphatic carbocycles. The molecule has 17 heavy (non-hydrogen) atoms. The minimum atomic E-state index is -0.556. The lowest BCUT2D eigenvalue weighted by Crippen LogP contribution is -2.37. The van der Waals surface area contributed by atoms with Crippen molar-refractivity contribution in [2.45, 2.75) is 44.9 Å². The molecule has 0 saturated heterocycles. The number of benzene rings is 1. The molecule has 1 nitrogen and oxygen atoms in total. The molecule has 1 fully saturated rings. The number of hydrogen-bond donors (Lipinski definition) is 0. The average Bonchev–Trinajstić information content (AvgIpc) is 2.78. The highest BCUT2D eigenvalue weighted by molar-refractivity contribution is 5.92. The molecular formula is C15H19FO. The van der Waals surface area contributed by atoms with Gasteiger partial charge in [-0.3, -0.25) is 4.79 Å². The molecule has 0 bridgehead atoms. The van der Waals surface area contributed by atoms with Crippen molar-refractivity contribution in [3.8, 4) is 0 Å². The molecule has 0 N–H and O–H groups in total. The predicted octanol–water partition coefficient (Wildman–Crippen LogP) is 3.86. The Balaban J connectivity index is 2.49. The lowest BCUT2D eigenvalue weighted by molar-refractivity contribution is -0.127. The van der Waals surface area contributed by atoms with Crippen LogP contribution in [0.2, 0.25) is 0 Å². The molecule has 2 heteroatoms. The zero-order valence-electron chi connectivity index (χ0n) is 10.5. The molecule has 1 aliphatic rings. The number of carbonyl (C=O) groups is 1. The second-order valence-corrected chi connectivity index (χ2v) is 5.29. The van der Waals surface area contributed by atoms with Crippen LogP contribution in [0.3, 0.4) is 0 Å². The molecule has 92 valence electrons. The topological polar surface area (TPSA) is 17.1 Å². The van der Waals surface area contributed by atoms with Crippen molar-refractivity contribution in [2.75, 3.05) is 0 Å². The molecule has 0 unspecified atom stereocenters. The van der Waals surface area contributed by atoms with E-state index in [9.17, 15) is 9.18 Å². The first-order valence-corrected chi connectivity index (χ1v) is 6.37. The van der Waals surface area contributed by atoms with Gasteiger partial charge in [0, 0.05) is 11.5 Å². The third kappa shape index (κ3) is 2.01. The molecule has 0 atom stereocenters. The van der Waals surface area contributed by atoms with E-state index in [0.717, 1.165) is 25.7 Å². The second kappa shape index (κ2) is 4.59. The van der Waals surface area contributed by atoms with Gasteiger partial charge in [-0.25, -0.2) is 4.39 Å². The summed E-state index contributed by atoms with van der Waals surface area (Å²) in [5, 5.41) is 0. The highest BCUT2D eigenvalue weighted by Crippen LogP contribution is 2.44. The summed E-state index contributed by atoms with van der Waals surface area (Å²) in [6.07, 6.45) is 3.63. The summed E-state index contributed by atoms with van der Waals surface area (Å²) in [5.74, 6) is -0.0730. The molecular weight excluding hydrogens is 215 g/mol. The average molecular weight is 234 g/mol. The van der Waals surface area contributed by atoms with Crippen LogP contribution in [0.4, 0.5) is 4.39 Å². The van der Waals surface area contributed by atoms with Crippen LogP contribution in [0.1, 0.15) is 45.1 Å². The van der Waals surface area contributed by atoms with Gasteiger partial charge < -0.3 is 0 Å². The van der Waals surface area contributed by atoms with Gasteiger partial charge >= 0.3 is 0 Å². The Bertz CT molecular complexity index is 417. The maximum Gasteiger partial charge on any atom is 0.146 e. The highest BCUT2D eigenvalue weighted by atomic mass is 19.1. The Labute approximate surface area is 102 Å². The predicted molar refractivity (Wildman–Crippen MR) is 66.4 cm³/mol. The van der Waals surface area contributed by atoms with E-state index in [2.05, 4.69) is 0 Å². The summed E-state index contributed by atoms with van der Waals surface area (Å²) in [6.45, 7) is 3.81. The first-order valence-electron chi connectivity index (χ1n) is 6.37. The maximum atomic E-state index is 14.0. The van der Waals surface area contributed by atoms with Crippen LogP contribution in [0.15, 0.2) is 24.3 Å². The minimum absolute atomic E-state index is 0.0345. The molecule has 0 heterocycles. The van der Waals surface area contributed by atoms with Crippen LogP contribution in [0.25, 0.3) is 0 Å². The first-order chi connectivity index (χ1) is 8.08. The van der Waals surface area contributed by atoms with Gasteiger partial charge in [0.1, 0.15) is 11.6 Å². The Morgan fingerprint density at radius 1 is 1.24 bits per heavy atom. The number of halogens is 1. The van der Waals surface area contributed by atoms with Crippen LogP contribution in [0.5, 0.6) is 0 Å². The van der Waals surface area contributed by atoms with Gasteiger partial charge in [0.2, 0.25) is 0 Å². The Morgan fingerprint density at radius 3 is 2.35 bits per heavy atom. The summed E-state index contributed by atoms with van der Waals surface area (Å²) >= 11 is 0. The molecule has 0 spiro atoms. The van der Waals surface area contributed by atoms with Crippen LogP contribution in [-0.4, -0.2) is 5.78 Å². The van der Waals surface area contributed by atoms with Gasteiger partial charge in [-0.15, -0.1) is 0 Å². The van der Waals surface area contributed by atoms with Crippen molar-refractivity contribution >= 4 is 5.78 Å². The lowest BCUT2D eigenvalue weighted by atomic mass is 9.72. The van der Waals surface area contributed by atoms with E-state index in [1.165, 1.54) is 6.07 Å². The van der Waals surface area contributed by atoms with Crippen molar-refractivity contribution in [1.29, 1.82) is 0 Å². The van der Waals surface area contributed by atoms with Crippen LogP contribution in [0, 0.1) is 11.7 Å². The largest absolute Gasteiger partial charge is 0.298 e. The zero-order chi connectivity index (χ0) is 12.5. The van der Waals surface area contributed by atoms with E-state index in [0.29, 0.717) is 5.56 Å². The molecule has 2 rings (SSSR count).